The summed E-state index contributed by atoms with van der Waals surface area (Å²) in [5.41, 5.74) is -0.0648. The van der Waals surface area contributed by atoms with Gasteiger partial charge in [0.2, 0.25) is 0 Å². The van der Waals surface area contributed by atoms with E-state index >= 15 is 0 Å². The summed E-state index contributed by atoms with van der Waals surface area (Å²) >= 11 is 0. The molecule has 0 aliphatic heterocycles. The van der Waals surface area contributed by atoms with Crippen LogP contribution in [0.15, 0.2) is 29.2 Å². The van der Waals surface area contributed by atoms with Crippen LogP contribution in [0.2, 0.25) is 0 Å². The highest BCUT2D eigenvalue weighted by atomic mass is 32.2. The lowest BCUT2D eigenvalue weighted by Gasteiger charge is -2.04. The standard InChI is InChI=1S/C8H9NO3S/c1-13(9,12)7-5-3-2-4-6(7)8(10)11/h2-5,9H,1H3,(H,10,11)/t13-/m0/s1. The topological polar surface area (TPSA) is 78.2 Å². The van der Waals surface area contributed by atoms with Crippen molar-refractivity contribution in [1.82, 2.24) is 0 Å². The zero-order valence-electron chi connectivity index (χ0n) is 6.98. The number of hydrogen-bond acceptors (Lipinski definition) is 3. The van der Waals surface area contributed by atoms with Gasteiger partial charge in [-0.1, -0.05) is 12.1 Å². The summed E-state index contributed by atoms with van der Waals surface area (Å²) in [7, 11) is -2.96. The molecule has 4 nitrogen and oxygen atoms in total. The van der Waals surface area contributed by atoms with Crippen molar-refractivity contribution in [3.63, 3.8) is 0 Å². The largest absolute Gasteiger partial charge is 0.478 e. The van der Waals surface area contributed by atoms with Crippen molar-refractivity contribution in [2.24, 2.45) is 0 Å². The van der Waals surface area contributed by atoms with E-state index in [4.69, 9.17) is 9.89 Å². The zero-order chi connectivity index (χ0) is 10.1. The van der Waals surface area contributed by atoms with Gasteiger partial charge in [0.15, 0.2) is 0 Å². The van der Waals surface area contributed by atoms with E-state index in [0.29, 0.717) is 0 Å². The number of rotatable bonds is 2. The summed E-state index contributed by atoms with van der Waals surface area (Å²) in [4.78, 5) is 10.7. The Labute approximate surface area is 76.2 Å². The zero-order valence-corrected chi connectivity index (χ0v) is 7.80. The molecule has 0 bridgehead atoms. The van der Waals surface area contributed by atoms with Crippen LogP contribution in [0, 0.1) is 4.78 Å². The quantitative estimate of drug-likeness (QED) is 0.756. The lowest BCUT2D eigenvalue weighted by Crippen LogP contribution is -2.05. The van der Waals surface area contributed by atoms with Crippen molar-refractivity contribution in [2.45, 2.75) is 4.90 Å². The van der Waals surface area contributed by atoms with Crippen LogP contribution in [0.5, 0.6) is 0 Å². The molecule has 0 aliphatic rings. The molecule has 1 aromatic carbocycles. The monoisotopic (exact) mass is 199 g/mol. The third kappa shape index (κ3) is 2.06. The van der Waals surface area contributed by atoms with Crippen LogP contribution < -0.4 is 0 Å². The van der Waals surface area contributed by atoms with Crippen LogP contribution in [0.3, 0.4) is 0 Å². The summed E-state index contributed by atoms with van der Waals surface area (Å²) in [6.45, 7) is 0. The predicted octanol–water partition coefficient (Wildman–Crippen LogP) is 1.42. The summed E-state index contributed by atoms with van der Waals surface area (Å²) in [6.07, 6.45) is 1.20. The van der Waals surface area contributed by atoms with Gasteiger partial charge in [-0.2, -0.15) is 0 Å². The molecule has 2 N–H and O–H groups in total. The van der Waals surface area contributed by atoms with Gasteiger partial charge in [0, 0.05) is 6.26 Å². The lowest BCUT2D eigenvalue weighted by molar-refractivity contribution is 0.0693. The molecular weight excluding hydrogens is 190 g/mol. The minimum absolute atomic E-state index is 0.0648. The highest BCUT2D eigenvalue weighted by molar-refractivity contribution is 7.91. The minimum Gasteiger partial charge on any atom is -0.478 e. The molecule has 0 aromatic heterocycles. The molecule has 0 fully saturated rings. The second-order valence-corrected chi connectivity index (χ2v) is 4.77. The Bertz CT molecular complexity index is 436. The minimum atomic E-state index is -2.96. The summed E-state index contributed by atoms with van der Waals surface area (Å²) in [6, 6.07) is 5.85. The SMILES string of the molecule is C[S@](=N)(=O)c1ccccc1C(=O)O. The average molecular weight is 199 g/mol. The van der Waals surface area contributed by atoms with E-state index in [2.05, 4.69) is 0 Å². The van der Waals surface area contributed by atoms with Gasteiger partial charge in [-0.25, -0.2) is 13.8 Å². The fourth-order valence-corrected chi connectivity index (χ4v) is 1.90. The van der Waals surface area contributed by atoms with Gasteiger partial charge in [0.1, 0.15) is 0 Å². The smallest absolute Gasteiger partial charge is 0.336 e. The van der Waals surface area contributed by atoms with Crippen LogP contribution >= 0.6 is 0 Å². The number of carboxylic acids is 1. The maximum atomic E-state index is 11.3. The van der Waals surface area contributed by atoms with Crippen molar-refractivity contribution in [3.05, 3.63) is 29.8 Å². The first-order valence-corrected chi connectivity index (χ1v) is 5.45. The molecule has 1 atom stereocenters. The molecule has 0 amide bonds. The third-order valence-electron chi connectivity index (χ3n) is 1.54. The summed E-state index contributed by atoms with van der Waals surface area (Å²) in [5.74, 6) is -1.16. The molecule has 0 saturated carbocycles. The van der Waals surface area contributed by atoms with E-state index in [1.165, 1.54) is 24.5 Å². The first kappa shape index (κ1) is 9.73. The Kier molecular flexibility index (Phi) is 2.38. The van der Waals surface area contributed by atoms with Gasteiger partial charge in [-0.15, -0.1) is 0 Å². The third-order valence-corrected chi connectivity index (χ3v) is 2.73. The molecule has 0 aliphatic carbocycles. The molecule has 5 heteroatoms. The molecule has 0 unspecified atom stereocenters. The van der Waals surface area contributed by atoms with E-state index in [-0.39, 0.29) is 10.5 Å². The number of carbonyl (C=O) groups is 1. The highest BCUT2D eigenvalue weighted by Crippen LogP contribution is 2.15. The Morgan fingerprint density at radius 3 is 2.38 bits per heavy atom. The van der Waals surface area contributed by atoms with Crippen molar-refractivity contribution in [3.8, 4) is 0 Å². The molecule has 0 saturated heterocycles. The molecule has 0 heterocycles. The molecule has 1 aromatic rings. The van der Waals surface area contributed by atoms with Crippen LogP contribution in [-0.4, -0.2) is 21.5 Å². The molecule has 70 valence electrons. The molecule has 0 spiro atoms. The van der Waals surface area contributed by atoms with Crippen LogP contribution in [0.4, 0.5) is 0 Å². The van der Waals surface area contributed by atoms with Crippen molar-refractivity contribution in [1.29, 1.82) is 4.78 Å². The normalized spacial score (nSPS) is 14.8. The molecule has 13 heavy (non-hydrogen) atoms. The maximum Gasteiger partial charge on any atom is 0.336 e. The van der Waals surface area contributed by atoms with Gasteiger partial charge in [0.25, 0.3) is 0 Å². The van der Waals surface area contributed by atoms with Crippen LogP contribution in [0.25, 0.3) is 0 Å². The lowest BCUT2D eigenvalue weighted by atomic mass is 10.2. The summed E-state index contributed by atoms with van der Waals surface area (Å²) in [5, 5.41) is 8.72. The van der Waals surface area contributed by atoms with Gasteiger partial charge in [-0.3, -0.25) is 0 Å². The van der Waals surface area contributed by atoms with E-state index in [0.717, 1.165) is 0 Å². The first-order valence-electron chi connectivity index (χ1n) is 3.49. The number of benzene rings is 1. The van der Waals surface area contributed by atoms with Gasteiger partial charge >= 0.3 is 5.97 Å². The fourth-order valence-electron chi connectivity index (χ4n) is 0.983. The van der Waals surface area contributed by atoms with E-state index in [9.17, 15) is 9.00 Å². The average Bonchev–Trinajstić information content (AvgIpc) is 2.03. The van der Waals surface area contributed by atoms with E-state index in [1.54, 1.807) is 6.07 Å². The van der Waals surface area contributed by atoms with Crippen LogP contribution in [-0.2, 0) is 9.73 Å². The number of aromatic carboxylic acids is 1. The Morgan fingerprint density at radius 1 is 1.46 bits per heavy atom. The molecule has 1 rings (SSSR count). The van der Waals surface area contributed by atoms with Crippen molar-refractivity contribution >= 4 is 15.7 Å². The Hall–Kier alpha value is -1.36. The van der Waals surface area contributed by atoms with Gasteiger partial charge in [0.05, 0.1) is 20.2 Å². The number of carboxylic acid groups (broad SMARTS) is 1. The number of hydrogen-bond donors (Lipinski definition) is 2. The van der Waals surface area contributed by atoms with Gasteiger partial charge in [-0.05, 0) is 12.1 Å². The number of nitrogens with one attached hydrogen (secondary N) is 1. The fraction of sp³-hybridized carbons (Fsp3) is 0.125. The van der Waals surface area contributed by atoms with Gasteiger partial charge < -0.3 is 5.11 Å². The Morgan fingerprint density at radius 2 is 2.00 bits per heavy atom. The van der Waals surface area contributed by atoms with E-state index < -0.39 is 15.7 Å². The predicted molar refractivity (Wildman–Crippen MR) is 48.5 cm³/mol. The van der Waals surface area contributed by atoms with Crippen molar-refractivity contribution < 1.29 is 14.1 Å². The van der Waals surface area contributed by atoms with E-state index in [1.807, 2.05) is 0 Å². The Balaban J connectivity index is 3.46. The first-order chi connectivity index (χ1) is 5.93. The van der Waals surface area contributed by atoms with Crippen LogP contribution in [0.1, 0.15) is 10.4 Å². The summed E-state index contributed by atoms with van der Waals surface area (Å²) < 4.78 is 18.6. The highest BCUT2D eigenvalue weighted by Gasteiger charge is 2.14. The second-order valence-electron chi connectivity index (χ2n) is 2.64. The molecule has 0 radical (unpaired) electrons. The van der Waals surface area contributed by atoms with Crippen molar-refractivity contribution in [2.75, 3.05) is 6.26 Å². The molecular formula is C8H9NO3S. The maximum absolute atomic E-state index is 11.3. The second kappa shape index (κ2) is 3.18.